The Kier molecular flexibility index (Phi) is 3.86. The molecule has 0 aliphatic heterocycles. The number of anilines is 1. The fourth-order valence-electron chi connectivity index (χ4n) is 1.63. The van der Waals surface area contributed by atoms with E-state index in [1.54, 1.807) is 6.92 Å². The molecular weight excluding hydrogens is 230 g/mol. The number of hydrogen-bond donors (Lipinski definition) is 2. The van der Waals surface area contributed by atoms with E-state index in [4.69, 9.17) is 11.0 Å². The van der Waals surface area contributed by atoms with Gasteiger partial charge in [0.2, 0.25) is 5.91 Å². The van der Waals surface area contributed by atoms with Crippen molar-refractivity contribution < 1.29 is 4.79 Å². The number of aromatic nitrogens is 2. The molecule has 0 aliphatic rings. The first-order valence-electron chi connectivity index (χ1n) is 5.57. The van der Waals surface area contributed by atoms with Crippen LogP contribution in [0.2, 0.25) is 0 Å². The average molecular weight is 247 g/mol. The molecule has 96 valence electrons. The summed E-state index contributed by atoms with van der Waals surface area (Å²) in [4.78, 5) is 11.0. The fourth-order valence-corrected chi connectivity index (χ4v) is 1.63. The second kappa shape index (κ2) is 5.00. The van der Waals surface area contributed by atoms with Crippen LogP contribution < -0.4 is 11.1 Å². The lowest BCUT2D eigenvalue weighted by atomic mass is 9.99. The van der Waals surface area contributed by atoms with Crippen molar-refractivity contribution in [2.24, 2.45) is 5.73 Å². The normalized spacial score (nSPS) is 10.8. The first-order chi connectivity index (χ1) is 8.26. The summed E-state index contributed by atoms with van der Waals surface area (Å²) in [6.45, 7) is 7.24. The van der Waals surface area contributed by atoms with E-state index in [-0.39, 0.29) is 6.42 Å². The molecule has 0 saturated carbocycles. The number of carbonyl (C=O) groups is 1. The highest BCUT2D eigenvalue weighted by Crippen LogP contribution is 2.22. The molecule has 1 rings (SSSR count). The first kappa shape index (κ1) is 13.9. The zero-order chi connectivity index (χ0) is 13.9. The predicted molar refractivity (Wildman–Crippen MR) is 67.7 cm³/mol. The van der Waals surface area contributed by atoms with Gasteiger partial charge in [-0.25, -0.2) is 0 Å². The number of nitriles is 1. The lowest BCUT2D eigenvalue weighted by Gasteiger charge is -2.25. The van der Waals surface area contributed by atoms with Gasteiger partial charge in [-0.3, -0.25) is 4.79 Å². The van der Waals surface area contributed by atoms with E-state index in [1.807, 2.05) is 20.8 Å². The van der Waals surface area contributed by atoms with Gasteiger partial charge >= 0.3 is 0 Å². The number of primary amides is 1. The summed E-state index contributed by atoms with van der Waals surface area (Å²) in [5, 5.41) is 20.1. The van der Waals surface area contributed by atoms with Gasteiger partial charge in [0, 0.05) is 12.0 Å². The Hall–Kier alpha value is -2.16. The Morgan fingerprint density at radius 2 is 2.06 bits per heavy atom. The Morgan fingerprint density at radius 3 is 2.56 bits per heavy atom. The van der Waals surface area contributed by atoms with Crippen LogP contribution in [0.3, 0.4) is 0 Å². The number of carbonyl (C=O) groups excluding carboxylic acids is 1. The number of nitrogens with one attached hydrogen (secondary N) is 1. The molecule has 0 aromatic carbocycles. The highest BCUT2D eigenvalue weighted by Gasteiger charge is 2.23. The largest absolute Gasteiger partial charge is 0.370 e. The van der Waals surface area contributed by atoms with Crippen LogP contribution in [0, 0.1) is 25.2 Å². The van der Waals surface area contributed by atoms with Crippen molar-refractivity contribution in [2.75, 3.05) is 5.32 Å². The molecule has 1 amide bonds. The zero-order valence-corrected chi connectivity index (χ0v) is 11.0. The van der Waals surface area contributed by atoms with Crippen molar-refractivity contribution in [3.05, 3.63) is 16.8 Å². The smallest absolute Gasteiger partial charge is 0.219 e. The molecule has 18 heavy (non-hydrogen) atoms. The third-order valence-corrected chi connectivity index (χ3v) is 2.64. The Morgan fingerprint density at radius 1 is 1.44 bits per heavy atom. The summed E-state index contributed by atoms with van der Waals surface area (Å²) in [5.41, 5.74) is 6.54. The minimum Gasteiger partial charge on any atom is -0.370 e. The van der Waals surface area contributed by atoms with Gasteiger partial charge in [-0.1, -0.05) is 0 Å². The standard InChI is InChI=1S/C12H17N5O/c1-7-8(2)16-17-11(9(7)6-13)15-12(3,4)5-10(14)18/h5H2,1-4H3,(H2,14,18)(H,15,17). The second-order valence-corrected chi connectivity index (χ2v) is 4.90. The molecule has 0 spiro atoms. The molecule has 0 fully saturated rings. The van der Waals surface area contributed by atoms with Crippen molar-refractivity contribution >= 4 is 11.7 Å². The first-order valence-corrected chi connectivity index (χ1v) is 5.57. The Bertz CT molecular complexity index is 516. The summed E-state index contributed by atoms with van der Waals surface area (Å²) in [6, 6.07) is 2.10. The van der Waals surface area contributed by atoms with Crippen molar-refractivity contribution in [2.45, 2.75) is 39.7 Å². The fraction of sp³-hybridized carbons (Fsp3) is 0.500. The Balaban J connectivity index is 3.09. The van der Waals surface area contributed by atoms with Crippen molar-refractivity contribution in [1.82, 2.24) is 10.2 Å². The lowest BCUT2D eigenvalue weighted by molar-refractivity contribution is -0.118. The van der Waals surface area contributed by atoms with Crippen LogP contribution >= 0.6 is 0 Å². The number of rotatable bonds is 4. The molecule has 1 aromatic rings. The quantitative estimate of drug-likeness (QED) is 0.826. The maximum Gasteiger partial charge on any atom is 0.219 e. The number of aryl methyl sites for hydroxylation is 1. The summed E-state index contributed by atoms with van der Waals surface area (Å²) in [6.07, 6.45) is 0.145. The van der Waals surface area contributed by atoms with Crippen LogP contribution in [0.25, 0.3) is 0 Å². The van der Waals surface area contributed by atoms with E-state index in [9.17, 15) is 4.79 Å². The van der Waals surface area contributed by atoms with Gasteiger partial charge in [0.1, 0.15) is 11.6 Å². The summed E-state index contributed by atoms with van der Waals surface area (Å²) >= 11 is 0. The molecule has 0 unspecified atom stereocenters. The van der Waals surface area contributed by atoms with Gasteiger partial charge in [0.15, 0.2) is 5.82 Å². The van der Waals surface area contributed by atoms with Gasteiger partial charge < -0.3 is 11.1 Å². The van der Waals surface area contributed by atoms with E-state index < -0.39 is 11.4 Å². The minimum atomic E-state index is -0.576. The molecule has 0 radical (unpaired) electrons. The summed E-state index contributed by atoms with van der Waals surface area (Å²) < 4.78 is 0. The number of hydrogen-bond acceptors (Lipinski definition) is 5. The maximum absolute atomic E-state index is 11.0. The number of nitrogens with zero attached hydrogens (tertiary/aromatic N) is 3. The van der Waals surface area contributed by atoms with Gasteiger partial charge in [-0.2, -0.15) is 10.4 Å². The highest BCUT2D eigenvalue weighted by atomic mass is 16.1. The molecule has 0 aliphatic carbocycles. The molecule has 0 saturated heterocycles. The van der Waals surface area contributed by atoms with E-state index in [1.165, 1.54) is 0 Å². The summed E-state index contributed by atoms with van der Waals surface area (Å²) in [7, 11) is 0. The van der Waals surface area contributed by atoms with Crippen LogP contribution in [0.1, 0.15) is 37.1 Å². The molecular formula is C12H17N5O. The molecule has 6 nitrogen and oxygen atoms in total. The molecule has 1 aromatic heterocycles. The van der Waals surface area contributed by atoms with Gasteiger partial charge in [0.25, 0.3) is 0 Å². The molecule has 1 heterocycles. The predicted octanol–water partition coefficient (Wildman–Crippen LogP) is 1.03. The number of amides is 1. The monoisotopic (exact) mass is 247 g/mol. The Labute approximate surface area is 106 Å². The average Bonchev–Trinajstić information content (AvgIpc) is 2.21. The minimum absolute atomic E-state index is 0.145. The summed E-state index contributed by atoms with van der Waals surface area (Å²) in [5.74, 6) is -0.0327. The van der Waals surface area contributed by atoms with Crippen LogP contribution in [0.15, 0.2) is 0 Å². The van der Waals surface area contributed by atoms with Gasteiger partial charge in [-0.05, 0) is 33.3 Å². The molecule has 3 N–H and O–H groups in total. The van der Waals surface area contributed by atoms with Crippen molar-refractivity contribution in [1.29, 1.82) is 5.26 Å². The lowest BCUT2D eigenvalue weighted by Crippen LogP contribution is -2.36. The third kappa shape index (κ3) is 3.17. The van der Waals surface area contributed by atoms with Crippen LogP contribution in [0.4, 0.5) is 5.82 Å². The van der Waals surface area contributed by atoms with Crippen molar-refractivity contribution in [3.63, 3.8) is 0 Å². The molecule has 0 atom stereocenters. The van der Waals surface area contributed by atoms with Crippen LogP contribution in [0.5, 0.6) is 0 Å². The van der Waals surface area contributed by atoms with E-state index in [0.29, 0.717) is 17.1 Å². The van der Waals surface area contributed by atoms with Crippen LogP contribution in [-0.2, 0) is 4.79 Å². The van der Waals surface area contributed by atoms with Gasteiger partial charge in [-0.15, -0.1) is 5.10 Å². The SMILES string of the molecule is Cc1nnc(NC(C)(C)CC(N)=O)c(C#N)c1C. The molecule has 6 heteroatoms. The topological polar surface area (TPSA) is 105 Å². The van der Waals surface area contributed by atoms with Gasteiger partial charge in [0.05, 0.1) is 5.69 Å². The maximum atomic E-state index is 11.0. The zero-order valence-electron chi connectivity index (χ0n) is 11.0. The van der Waals surface area contributed by atoms with Crippen LogP contribution in [-0.4, -0.2) is 21.6 Å². The third-order valence-electron chi connectivity index (χ3n) is 2.64. The number of nitrogens with two attached hydrogens (primary N) is 1. The van der Waals surface area contributed by atoms with E-state index in [2.05, 4.69) is 21.6 Å². The highest BCUT2D eigenvalue weighted by molar-refractivity contribution is 5.75. The van der Waals surface area contributed by atoms with E-state index >= 15 is 0 Å². The van der Waals surface area contributed by atoms with E-state index in [0.717, 1.165) is 5.56 Å². The van der Waals surface area contributed by atoms with Crippen molar-refractivity contribution in [3.8, 4) is 6.07 Å². The molecule has 0 bridgehead atoms. The second-order valence-electron chi connectivity index (χ2n) is 4.90.